The summed E-state index contributed by atoms with van der Waals surface area (Å²) in [7, 11) is 0. The second-order valence-corrected chi connectivity index (χ2v) is 2.18. The topological polar surface area (TPSA) is 47.6 Å². The lowest BCUT2D eigenvalue weighted by molar-refractivity contribution is 0.214. The van der Waals surface area contributed by atoms with Crippen LogP contribution in [0.25, 0.3) is 0 Å². The quantitative estimate of drug-likeness (QED) is 0.575. The molecule has 0 saturated carbocycles. The molecule has 0 amide bonds. The molecule has 1 rings (SSSR count). The molecular formula is C6H12N2O. The molecule has 1 aliphatic heterocycles. The highest BCUT2D eigenvalue weighted by atomic mass is 16.5. The zero-order chi connectivity index (χ0) is 6.69. The highest BCUT2D eigenvalue weighted by Crippen LogP contribution is 2.06. The molecular weight excluding hydrogens is 116 g/mol. The Morgan fingerprint density at radius 3 is 3.11 bits per heavy atom. The Hall–Kier alpha value is -0.570. The minimum Gasteiger partial charge on any atom is -0.476 e. The van der Waals surface area contributed by atoms with Crippen LogP contribution in [0, 0.1) is 0 Å². The van der Waals surface area contributed by atoms with Gasteiger partial charge in [0.25, 0.3) is 0 Å². The number of rotatable bonds is 2. The van der Waals surface area contributed by atoms with Crippen LogP contribution >= 0.6 is 0 Å². The minimum atomic E-state index is 0.259. The van der Waals surface area contributed by atoms with Crippen LogP contribution in [0.1, 0.15) is 13.3 Å². The van der Waals surface area contributed by atoms with E-state index in [1.54, 1.807) is 0 Å². The van der Waals surface area contributed by atoms with Crippen LogP contribution in [0.3, 0.4) is 0 Å². The zero-order valence-electron chi connectivity index (χ0n) is 5.63. The number of nitrogens with zero attached hydrogens (tertiary/aromatic N) is 1. The van der Waals surface area contributed by atoms with Crippen molar-refractivity contribution < 1.29 is 4.74 Å². The molecule has 1 aliphatic rings. The van der Waals surface area contributed by atoms with Crippen LogP contribution in [-0.4, -0.2) is 25.1 Å². The lowest BCUT2D eigenvalue weighted by Crippen LogP contribution is -2.16. The first-order valence-corrected chi connectivity index (χ1v) is 3.20. The molecule has 1 heterocycles. The van der Waals surface area contributed by atoms with E-state index in [9.17, 15) is 0 Å². The molecule has 0 aromatic rings. The van der Waals surface area contributed by atoms with E-state index in [1.165, 1.54) is 0 Å². The molecule has 2 N–H and O–H groups in total. The third kappa shape index (κ3) is 1.68. The summed E-state index contributed by atoms with van der Waals surface area (Å²) in [5.74, 6) is 0.799. The van der Waals surface area contributed by atoms with Crippen LogP contribution in [-0.2, 0) is 4.74 Å². The van der Waals surface area contributed by atoms with Crippen molar-refractivity contribution in [3.8, 4) is 0 Å². The Balaban J connectivity index is 2.21. The van der Waals surface area contributed by atoms with Gasteiger partial charge in [-0.05, 0) is 13.0 Å². The van der Waals surface area contributed by atoms with Gasteiger partial charge in [0.05, 0.1) is 6.54 Å². The van der Waals surface area contributed by atoms with Crippen molar-refractivity contribution in [3.63, 3.8) is 0 Å². The molecule has 1 atom stereocenters. The molecule has 9 heavy (non-hydrogen) atoms. The van der Waals surface area contributed by atoms with E-state index in [1.807, 2.05) is 6.92 Å². The van der Waals surface area contributed by atoms with Gasteiger partial charge in [0, 0.05) is 6.92 Å². The summed E-state index contributed by atoms with van der Waals surface area (Å²) < 4.78 is 5.27. The normalized spacial score (nSPS) is 25.6. The molecule has 0 saturated heterocycles. The van der Waals surface area contributed by atoms with Crippen LogP contribution in [0.5, 0.6) is 0 Å². The summed E-state index contributed by atoms with van der Waals surface area (Å²) in [5.41, 5.74) is 5.32. The first-order chi connectivity index (χ1) is 4.33. The molecule has 0 aliphatic carbocycles. The van der Waals surface area contributed by atoms with Gasteiger partial charge < -0.3 is 10.5 Å². The first kappa shape index (κ1) is 6.55. The Bertz CT molecular complexity index is 122. The fourth-order valence-electron chi connectivity index (χ4n) is 0.882. The van der Waals surface area contributed by atoms with Crippen molar-refractivity contribution in [3.05, 3.63) is 0 Å². The summed E-state index contributed by atoms with van der Waals surface area (Å²) in [6.45, 7) is 3.35. The van der Waals surface area contributed by atoms with Gasteiger partial charge in [0.2, 0.25) is 0 Å². The van der Waals surface area contributed by atoms with E-state index >= 15 is 0 Å². The number of nitrogens with two attached hydrogens (primary N) is 1. The van der Waals surface area contributed by atoms with Gasteiger partial charge in [0.1, 0.15) is 6.10 Å². The molecule has 0 aromatic heterocycles. The molecule has 0 spiro atoms. The zero-order valence-corrected chi connectivity index (χ0v) is 5.63. The molecule has 52 valence electrons. The maximum atomic E-state index is 5.32. The van der Waals surface area contributed by atoms with E-state index in [4.69, 9.17) is 10.5 Å². The Morgan fingerprint density at radius 2 is 2.67 bits per heavy atom. The fraction of sp³-hybridized carbons (Fsp3) is 0.833. The fourth-order valence-corrected chi connectivity index (χ4v) is 0.882. The SMILES string of the molecule is CC1=NCC(CCN)O1. The lowest BCUT2D eigenvalue weighted by Gasteiger charge is -2.06. The maximum Gasteiger partial charge on any atom is 0.180 e. The van der Waals surface area contributed by atoms with Gasteiger partial charge in [-0.3, -0.25) is 4.99 Å². The van der Waals surface area contributed by atoms with E-state index in [-0.39, 0.29) is 6.10 Å². The van der Waals surface area contributed by atoms with Crippen LogP contribution in [0.15, 0.2) is 4.99 Å². The van der Waals surface area contributed by atoms with Crippen molar-refractivity contribution in [2.45, 2.75) is 19.4 Å². The monoisotopic (exact) mass is 128 g/mol. The van der Waals surface area contributed by atoms with Crippen molar-refractivity contribution in [1.82, 2.24) is 0 Å². The highest BCUT2D eigenvalue weighted by molar-refractivity contribution is 5.74. The van der Waals surface area contributed by atoms with E-state index in [2.05, 4.69) is 4.99 Å². The largest absolute Gasteiger partial charge is 0.476 e. The second-order valence-electron chi connectivity index (χ2n) is 2.18. The molecule has 1 unspecified atom stereocenters. The molecule has 0 bridgehead atoms. The Kier molecular flexibility index (Phi) is 2.05. The third-order valence-electron chi connectivity index (χ3n) is 1.34. The predicted octanol–water partition coefficient (Wildman–Crippen LogP) is 0.152. The summed E-state index contributed by atoms with van der Waals surface area (Å²) in [5, 5.41) is 0. The smallest absolute Gasteiger partial charge is 0.180 e. The van der Waals surface area contributed by atoms with Crippen molar-refractivity contribution in [2.24, 2.45) is 10.7 Å². The standard InChI is InChI=1S/C6H12N2O/c1-5-8-4-6(9-5)2-3-7/h6H,2-4,7H2,1H3. The number of hydrogen-bond acceptors (Lipinski definition) is 3. The van der Waals surface area contributed by atoms with Crippen LogP contribution < -0.4 is 5.73 Å². The minimum absolute atomic E-state index is 0.259. The predicted molar refractivity (Wildman–Crippen MR) is 36.5 cm³/mol. The summed E-state index contributed by atoms with van der Waals surface area (Å²) >= 11 is 0. The highest BCUT2D eigenvalue weighted by Gasteiger charge is 2.14. The van der Waals surface area contributed by atoms with Crippen molar-refractivity contribution >= 4 is 5.90 Å². The molecule has 0 aromatic carbocycles. The summed E-state index contributed by atoms with van der Waals surface area (Å²) in [4.78, 5) is 4.08. The van der Waals surface area contributed by atoms with E-state index < -0.39 is 0 Å². The van der Waals surface area contributed by atoms with Crippen LogP contribution in [0.2, 0.25) is 0 Å². The average Bonchev–Trinajstić information content (AvgIpc) is 2.17. The average molecular weight is 128 g/mol. The summed E-state index contributed by atoms with van der Waals surface area (Å²) in [6, 6.07) is 0. The maximum absolute atomic E-state index is 5.32. The van der Waals surface area contributed by atoms with E-state index in [0.717, 1.165) is 18.9 Å². The van der Waals surface area contributed by atoms with Gasteiger partial charge in [0.15, 0.2) is 5.90 Å². The van der Waals surface area contributed by atoms with E-state index in [0.29, 0.717) is 6.54 Å². The van der Waals surface area contributed by atoms with Gasteiger partial charge in [-0.1, -0.05) is 0 Å². The lowest BCUT2D eigenvalue weighted by atomic mass is 10.3. The van der Waals surface area contributed by atoms with Gasteiger partial charge in [-0.2, -0.15) is 0 Å². The molecule has 3 nitrogen and oxygen atoms in total. The Morgan fingerprint density at radius 1 is 1.89 bits per heavy atom. The molecule has 0 fully saturated rings. The third-order valence-corrected chi connectivity index (χ3v) is 1.34. The van der Waals surface area contributed by atoms with Crippen molar-refractivity contribution in [1.29, 1.82) is 0 Å². The number of hydrogen-bond donors (Lipinski definition) is 1. The van der Waals surface area contributed by atoms with Gasteiger partial charge in [-0.15, -0.1) is 0 Å². The van der Waals surface area contributed by atoms with Crippen LogP contribution in [0.4, 0.5) is 0 Å². The molecule has 0 radical (unpaired) electrons. The molecule has 3 heteroatoms. The first-order valence-electron chi connectivity index (χ1n) is 3.20. The second kappa shape index (κ2) is 2.82. The summed E-state index contributed by atoms with van der Waals surface area (Å²) in [6.07, 6.45) is 1.18. The van der Waals surface area contributed by atoms with Gasteiger partial charge in [-0.25, -0.2) is 0 Å². The number of aliphatic imine (C=N–C) groups is 1. The van der Waals surface area contributed by atoms with Gasteiger partial charge >= 0.3 is 0 Å². The Labute approximate surface area is 54.9 Å². The number of ether oxygens (including phenoxy) is 1. The van der Waals surface area contributed by atoms with Crippen molar-refractivity contribution in [2.75, 3.05) is 13.1 Å².